The molecular formula is C77H138O5. The lowest BCUT2D eigenvalue weighted by Crippen LogP contribution is -2.28. The molecule has 0 fully saturated rings. The molecule has 82 heavy (non-hydrogen) atoms. The number of carbonyl (C=O) groups is 2. The first-order chi connectivity index (χ1) is 40.6. The molecule has 0 aromatic heterocycles. The van der Waals surface area contributed by atoms with Crippen molar-refractivity contribution in [2.45, 2.75) is 380 Å². The molecule has 0 heterocycles. The van der Waals surface area contributed by atoms with Gasteiger partial charge in [0.1, 0.15) is 6.61 Å². The van der Waals surface area contributed by atoms with Crippen molar-refractivity contribution in [1.29, 1.82) is 0 Å². The summed E-state index contributed by atoms with van der Waals surface area (Å²) in [7, 11) is 0. The minimum atomic E-state index is -0.774. The van der Waals surface area contributed by atoms with Crippen LogP contribution in [0.4, 0.5) is 0 Å². The molecule has 0 aliphatic rings. The predicted octanol–water partition coefficient (Wildman–Crippen LogP) is 25.2. The van der Waals surface area contributed by atoms with Crippen LogP contribution in [0.15, 0.2) is 85.1 Å². The van der Waals surface area contributed by atoms with E-state index in [1.807, 2.05) is 0 Å². The Morgan fingerprint density at radius 3 is 0.793 bits per heavy atom. The number of unbranched alkanes of at least 4 members (excludes halogenated alkanes) is 45. The smallest absolute Gasteiger partial charge is 0.306 e. The van der Waals surface area contributed by atoms with Crippen molar-refractivity contribution in [3.8, 4) is 0 Å². The molecule has 0 aliphatic heterocycles. The van der Waals surface area contributed by atoms with Gasteiger partial charge in [-0.25, -0.2) is 0 Å². The van der Waals surface area contributed by atoms with Gasteiger partial charge in [0.05, 0.1) is 6.61 Å². The monoisotopic (exact) mass is 1140 g/mol. The maximum Gasteiger partial charge on any atom is 0.306 e. The second-order valence-electron chi connectivity index (χ2n) is 24.3. The number of hydrogen-bond acceptors (Lipinski definition) is 5. The molecule has 0 bridgehead atoms. The number of hydrogen-bond donors (Lipinski definition) is 1. The molecule has 0 amide bonds. The van der Waals surface area contributed by atoms with E-state index >= 15 is 0 Å². The Bertz CT molecular complexity index is 1480. The highest BCUT2D eigenvalue weighted by Crippen LogP contribution is 2.19. The van der Waals surface area contributed by atoms with Crippen molar-refractivity contribution in [2.75, 3.05) is 13.2 Å². The molecule has 1 unspecified atom stereocenters. The maximum absolute atomic E-state index is 12.4. The Balaban J connectivity index is 3.41. The lowest BCUT2D eigenvalue weighted by atomic mass is 10.0. The summed E-state index contributed by atoms with van der Waals surface area (Å²) in [5.41, 5.74) is 0. The van der Waals surface area contributed by atoms with E-state index in [0.717, 1.165) is 77.0 Å². The number of esters is 2. The van der Waals surface area contributed by atoms with Gasteiger partial charge in [-0.05, 0) is 89.9 Å². The molecule has 0 radical (unpaired) electrons. The van der Waals surface area contributed by atoms with Crippen LogP contribution in [0.2, 0.25) is 0 Å². The molecule has 0 aromatic carbocycles. The summed E-state index contributed by atoms with van der Waals surface area (Å²) in [4.78, 5) is 24.7. The highest BCUT2D eigenvalue weighted by molar-refractivity contribution is 5.70. The Hall–Kier alpha value is -2.92. The lowest BCUT2D eigenvalue weighted by molar-refractivity contribution is -0.161. The number of aliphatic hydroxyl groups is 1. The van der Waals surface area contributed by atoms with Crippen molar-refractivity contribution < 1.29 is 24.2 Å². The molecule has 476 valence electrons. The predicted molar refractivity (Wildman–Crippen MR) is 362 cm³/mol. The second kappa shape index (κ2) is 72.3. The minimum absolute atomic E-state index is 0.0629. The molecular weight excluding hydrogens is 1000 g/mol. The summed E-state index contributed by atoms with van der Waals surface area (Å²) in [5.74, 6) is -0.572. The standard InChI is InChI=1S/C77H138O5/c1-3-5-7-9-11-13-15-17-19-21-23-25-27-29-31-33-35-37-38-40-41-43-45-47-49-51-53-55-57-59-61-63-65-67-69-71-76(79)81-74-75(73-78)82-77(80)72-70-68-66-64-62-60-58-56-54-52-50-48-46-44-42-39-36-34-32-30-28-26-24-22-20-18-16-14-12-10-8-6-4-2/h6,8,12,14-15,17-18,20-21,23-24,26,30,32,75,78H,3-5,7,9-11,13,16,19,22,25,27-29,31,33-74H2,1-2H3/b8-6-,14-12-,17-15-,20-18-,23-21-,26-24-,32-30-. The van der Waals surface area contributed by atoms with Crippen LogP contribution in [0, 0.1) is 0 Å². The first kappa shape index (κ1) is 79.1. The van der Waals surface area contributed by atoms with E-state index in [2.05, 4.69) is 98.9 Å². The molecule has 0 saturated heterocycles. The zero-order valence-electron chi connectivity index (χ0n) is 54.8. The van der Waals surface area contributed by atoms with E-state index in [-0.39, 0.29) is 25.2 Å². The van der Waals surface area contributed by atoms with E-state index in [1.54, 1.807) is 0 Å². The van der Waals surface area contributed by atoms with Gasteiger partial charge in [-0.1, -0.05) is 356 Å². The average molecular weight is 1140 g/mol. The van der Waals surface area contributed by atoms with E-state index < -0.39 is 6.10 Å². The highest BCUT2D eigenvalue weighted by atomic mass is 16.6. The summed E-state index contributed by atoms with van der Waals surface area (Å²) in [5, 5.41) is 9.71. The average Bonchev–Trinajstić information content (AvgIpc) is 3.49. The first-order valence-electron chi connectivity index (χ1n) is 36.1. The Morgan fingerprint density at radius 2 is 0.524 bits per heavy atom. The second-order valence-corrected chi connectivity index (χ2v) is 24.3. The van der Waals surface area contributed by atoms with E-state index in [0.29, 0.717) is 12.8 Å². The third-order valence-electron chi connectivity index (χ3n) is 16.2. The van der Waals surface area contributed by atoms with Crippen LogP contribution in [0.5, 0.6) is 0 Å². The quantitative estimate of drug-likeness (QED) is 0.0373. The number of carbonyl (C=O) groups excluding carboxylic acids is 2. The maximum atomic E-state index is 12.4. The van der Waals surface area contributed by atoms with Crippen LogP contribution in [0.3, 0.4) is 0 Å². The molecule has 0 saturated carbocycles. The molecule has 5 heteroatoms. The fraction of sp³-hybridized carbons (Fsp3) is 0.792. The fourth-order valence-electron chi connectivity index (χ4n) is 10.8. The Labute approximate surface area is 511 Å². The van der Waals surface area contributed by atoms with Crippen LogP contribution in [0.25, 0.3) is 0 Å². The first-order valence-corrected chi connectivity index (χ1v) is 36.1. The van der Waals surface area contributed by atoms with Gasteiger partial charge in [0.15, 0.2) is 6.10 Å². The molecule has 5 nitrogen and oxygen atoms in total. The SMILES string of the molecule is CC/C=C\C/C=C\C/C=C\C/C=C\C/C=C\CCCCCCCCCCCCCCCCCCCC(=O)OC(CO)COC(=O)CCCCCCCCCCCCCCCCCCCCCCCCC/C=C\C/C=C\CCCCCCC. The summed E-state index contributed by atoms with van der Waals surface area (Å²) in [6, 6.07) is 0. The highest BCUT2D eigenvalue weighted by Gasteiger charge is 2.16. The summed E-state index contributed by atoms with van der Waals surface area (Å²) < 4.78 is 10.8. The van der Waals surface area contributed by atoms with Gasteiger partial charge in [-0.2, -0.15) is 0 Å². The van der Waals surface area contributed by atoms with E-state index in [4.69, 9.17) is 9.47 Å². The van der Waals surface area contributed by atoms with Crippen molar-refractivity contribution in [3.63, 3.8) is 0 Å². The Morgan fingerprint density at radius 1 is 0.293 bits per heavy atom. The van der Waals surface area contributed by atoms with Crippen molar-refractivity contribution >= 4 is 11.9 Å². The molecule has 1 atom stereocenters. The van der Waals surface area contributed by atoms with Crippen LogP contribution in [-0.2, 0) is 19.1 Å². The molecule has 0 aliphatic carbocycles. The topological polar surface area (TPSA) is 72.8 Å². The van der Waals surface area contributed by atoms with Gasteiger partial charge >= 0.3 is 11.9 Å². The van der Waals surface area contributed by atoms with Crippen molar-refractivity contribution in [2.24, 2.45) is 0 Å². The molecule has 0 aromatic rings. The third-order valence-corrected chi connectivity index (χ3v) is 16.2. The largest absolute Gasteiger partial charge is 0.462 e. The summed E-state index contributed by atoms with van der Waals surface area (Å²) in [6.07, 6.45) is 102. The minimum Gasteiger partial charge on any atom is -0.462 e. The fourth-order valence-corrected chi connectivity index (χ4v) is 10.8. The number of ether oxygens (including phenoxy) is 2. The number of rotatable bonds is 67. The van der Waals surface area contributed by atoms with Gasteiger partial charge in [-0.15, -0.1) is 0 Å². The van der Waals surface area contributed by atoms with E-state index in [9.17, 15) is 14.7 Å². The molecule has 1 N–H and O–H groups in total. The van der Waals surface area contributed by atoms with E-state index in [1.165, 1.54) is 270 Å². The zero-order chi connectivity index (χ0) is 59.1. The van der Waals surface area contributed by atoms with Crippen LogP contribution in [-0.4, -0.2) is 36.4 Å². The lowest BCUT2D eigenvalue weighted by Gasteiger charge is -2.15. The van der Waals surface area contributed by atoms with Crippen LogP contribution < -0.4 is 0 Å². The van der Waals surface area contributed by atoms with Crippen LogP contribution >= 0.6 is 0 Å². The normalized spacial score (nSPS) is 12.7. The van der Waals surface area contributed by atoms with Crippen LogP contribution in [0.1, 0.15) is 373 Å². The molecule has 0 spiro atoms. The van der Waals surface area contributed by atoms with Gasteiger partial charge in [0.25, 0.3) is 0 Å². The van der Waals surface area contributed by atoms with Gasteiger partial charge in [0.2, 0.25) is 0 Å². The van der Waals surface area contributed by atoms with Gasteiger partial charge in [0, 0.05) is 12.8 Å². The van der Waals surface area contributed by atoms with Gasteiger partial charge < -0.3 is 14.6 Å². The Kier molecular flexibility index (Phi) is 69.8. The zero-order valence-corrected chi connectivity index (χ0v) is 54.8. The number of allylic oxidation sites excluding steroid dienone is 14. The summed E-state index contributed by atoms with van der Waals surface area (Å²) >= 11 is 0. The van der Waals surface area contributed by atoms with Crippen molar-refractivity contribution in [1.82, 2.24) is 0 Å². The number of aliphatic hydroxyl groups excluding tert-OH is 1. The summed E-state index contributed by atoms with van der Waals surface area (Å²) in [6.45, 7) is 4.06. The van der Waals surface area contributed by atoms with Gasteiger partial charge in [-0.3, -0.25) is 9.59 Å². The van der Waals surface area contributed by atoms with Crippen molar-refractivity contribution in [3.05, 3.63) is 85.1 Å². The molecule has 0 rings (SSSR count). The third kappa shape index (κ3) is 69.6.